The normalized spacial score (nSPS) is 12.9. The maximum absolute atomic E-state index is 11.6. The summed E-state index contributed by atoms with van der Waals surface area (Å²) in [6.45, 7) is -2.05. The number of Topliss-reactive ketones (excluding diaryl/α,β-unsaturated/α-hetero) is 1. The van der Waals surface area contributed by atoms with E-state index in [1.165, 1.54) is 0 Å². The Morgan fingerprint density at radius 3 is 2.00 bits per heavy atom. The lowest BCUT2D eigenvalue weighted by Gasteiger charge is -2.07. The monoisotopic (exact) mass is 238 g/mol. The lowest BCUT2D eigenvalue weighted by Crippen LogP contribution is -2.23. The Balaban J connectivity index is 3.53. The number of ketones is 1. The minimum absolute atomic E-state index is 0.381. The van der Waals surface area contributed by atoms with Gasteiger partial charge in [-0.15, -0.1) is 0 Å². The third-order valence-electron chi connectivity index (χ3n) is 1.27. The third kappa shape index (κ3) is 8.22. The summed E-state index contributed by atoms with van der Waals surface area (Å²) in [4.78, 5) is 10.2. The minimum atomic E-state index is -4.93. The quantitative estimate of drug-likeness (QED) is 0.543. The molecule has 0 heterocycles. The van der Waals surface area contributed by atoms with E-state index in [0.29, 0.717) is 0 Å². The van der Waals surface area contributed by atoms with Crippen LogP contribution >= 0.6 is 0 Å². The van der Waals surface area contributed by atoms with Gasteiger partial charge in [0.05, 0.1) is 0 Å². The summed E-state index contributed by atoms with van der Waals surface area (Å²) in [7, 11) is 0. The largest absolute Gasteiger partial charge is 0.449 e. The van der Waals surface area contributed by atoms with Crippen LogP contribution < -0.4 is 0 Å². The van der Waals surface area contributed by atoms with Crippen LogP contribution in [0.15, 0.2) is 0 Å². The van der Waals surface area contributed by atoms with E-state index in [-0.39, 0.29) is 6.42 Å². The van der Waals surface area contributed by atoms with Gasteiger partial charge in [-0.1, -0.05) is 0 Å². The maximum atomic E-state index is 11.6. The molecule has 0 N–H and O–H groups in total. The molecule has 0 aliphatic heterocycles. The number of carbonyl (C=O) groups excluding carboxylic acids is 1. The van der Waals surface area contributed by atoms with E-state index in [4.69, 9.17) is 0 Å². The van der Waals surface area contributed by atoms with Gasteiger partial charge in [0.2, 0.25) is 5.78 Å². The van der Waals surface area contributed by atoms with Crippen molar-refractivity contribution in [1.29, 1.82) is 0 Å². The molecular formula is C7H8F6O2. The lowest BCUT2D eigenvalue weighted by atomic mass is 10.2. The molecular weight excluding hydrogens is 230 g/mol. The summed E-state index contributed by atoms with van der Waals surface area (Å²) < 4.78 is 73.1. The number of halogens is 6. The highest BCUT2D eigenvalue weighted by atomic mass is 19.4. The number of carbonyl (C=O) groups is 1. The summed E-state index contributed by atoms with van der Waals surface area (Å²) in [5, 5.41) is 0. The van der Waals surface area contributed by atoms with Crippen LogP contribution in [0, 0.1) is 0 Å². The first-order valence-corrected chi connectivity index (χ1v) is 3.87. The highest BCUT2D eigenvalue weighted by Gasteiger charge is 2.37. The van der Waals surface area contributed by atoms with Gasteiger partial charge in [0.15, 0.2) is 0 Å². The van der Waals surface area contributed by atoms with Gasteiger partial charge in [0.25, 0.3) is 0 Å². The molecule has 0 atom stereocenters. The van der Waals surface area contributed by atoms with E-state index in [9.17, 15) is 31.1 Å². The molecule has 0 saturated heterocycles. The van der Waals surface area contributed by atoms with Crippen molar-refractivity contribution in [3.8, 4) is 0 Å². The first-order chi connectivity index (χ1) is 6.63. The predicted octanol–water partition coefficient (Wildman–Crippen LogP) is 2.48. The Morgan fingerprint density at radius 2 is 1.60 bits per heavy atom. The van der Waals surface area contributed by atoms with Gasteiger partial charge < -0.3 is 4.74 Å². The van der Waals surface area contributed by atoms with E-state index >= 15 is 0 Å². The molecule has 2 nitrogen and oxygen atoms in total. The van der Waals surface area contributed by atoms with Crippen LogP contribution in [0.2, 0.25) is 0 Å². The van der Waals surface area contributed by atoms with E-state index in [1.807, 2.05) is 0 Å². The molecule has 0 saturated carbocycles. The van der Waals surface area contributed by atoms with E-state index in [1.54, 1.807) is 0 Å². The average molecular weight is 238 g/mol. The highest BCUT2D eigenvalue weighted by Crippen LogP contribution is 2.19. The van der Waals surface area contributed by atoms with Crippen molar-refractivity contribution >= 4 is 5.78 Å². The van der Waals surface area contributed by atoms with Gasteiger partial charge >= 0.3 is 12.4 Å². The van der Waals surface area contributed by atoms with Crippen molar-refractivity contribution in [2.75, 3.05) is 13.2 Å². The lowest BCUT2D eigenvalue weighted by molar-refractivity contribution is -0.176. The molecule has 0 unspecified atom stereocenters. The zero-order valence-electron chi connectivity index (χ0n) is 7.41. The molecule has 0 rings (SSSR count). The third-order valence-corrected chi connectivity index (χ3v) is 1.27. The average Bonchev–Trinajstić information content (AvgIpc) is 1.99. The first-order valence-electron chi connectivity index (χ1n) is 3.87. The standard InChI is InChI=1S/C7H8F6O2/c8-6(9,10)4-15-3-1-2-5(14)7(11,12)13/h1-4H2. The highest BCUT2D eigenvalue weighted by molar-refractivity contribution is 5.83. The molecule has 0 amide bonds. The van der Waals surface area contributed by atoms with Crippen LogP contribution in [-0.4, -0.2) is 31.3 Å². The molecule has 0 aromatic carbocycles. The summed E-state index contributed by atoms with van der Waals surface area (Å²) in [5.74, 6) is -1.96. The molecule has 0 aliphatic rings. The Morgan fingerprint density at radius 1 is 1.07 bits per heavy atom. The van der Waals surface area contributed by atoms with Gasteiger partial charge in [-0.25, -0.2) is 0 Å². The zero-order chi connectivity index (χ0) is 12.1. The van der Waals surface area contributed by atoms with Crippen molar-refractivity contribution in [1.82, 2.24) is 0 Å². The predicted molar refractivity (Wildman–Crippen MR) is 37.2 cm³/mol. The van der Waals surface area contributed by atoms with Gasteiger partial charge in [-0.05, 0) is 6.42 Å². The molecule has 90 valence electrons. The number of alkyl halides is 6. The topological polar surface area (TPSA) is 26.3 Å². The first kappa shape index (κ1) is 14.2. The Bertz CT molecular complexity index is 207. The van der Waals surface area contributed by atoms with Crippen LogP contribution in [0.25, 0.3) is 0 Å². The maximum Gasteiger partial charge on any atom is 0.449 e. The van der Waals surface area contributed by atoms with Crippen LogP contribution in [0.1, 0.15) is 12.8 Å². The Hall–Kier alpha value is -0.790. The second kappa shape index (κ2) is 5.34. The van der Waals surface area contributed by atoms with Crippen molar-refractivity contribution in [3.05, 3.63) is 0 Å². The second-order valence-electron chi connectivity index (χ2n) is 2.69. The van der Waals surface area contributed by atoms with Crippen molar-refractivity contribution < 1.29 is 35.9 Å². The van der Waals surface area contributed by atoms with Crippen LogP contribution in [-0.2, 0) is 9.53 Å². The molecule has 15 heavy (non-hydrogen) atoms. The van der Waals surface area contributed by atoms with Gasteiger partial charge in [0, 0.05) is 13.0 Å². The minimum Gasteiger partial charge on any atom is -0.372 e. The SMILES string of the molecule is O=C(CCCOCC(F)(F)F)C(F)(F)F. The molecule has 0 bridgehead atoms. The summed E-state index contributed by atoms with van der Waals surface area (Å²) in [5.41, 5.74) is 0. The van der Waals surface area contributed by atoms with Crippen LogP contribution in [0.5, 0.6) is 0 Å². The number of hydrogen-bond donors (Lipinski definition) is 0. The summed E-state index contributed by atoms with van der Waals surface area (Å²) >= 11 is 0. The number of hydrogen-bond acceptors (Lipinski definition) is 2. The molecule has 8 heteroatoms. The van der Waals surface area contributed by atoms with Crippen molar-refractivity contribution in [2.24, 2.45) is 0 Å². The van der Waals surface area contributed by atoms with Crippen LogP contribution in [0.4, 0.5) is 26.3 Å². The molecule has 0 spiro atoms. The summed E-state index contributed by atoms with van der Waals surface area (Å²) in [6.07, 6.45) is -10.7. The fourth-order valence-corrected chi connectivity index (χ4v) is 0.664. The molecule has 0 radical (unpaired) electrons. The fourth-order valence-electron chi connectivity index (χ4n) is 0.664. The number of ether oxygens (including phenoxy) is 1. The molecule has 0 fully saturated rings. The Labute approximate surface area is 81.2 Å². The van der Waals surface area contributed by atoms with E-state index < -0.39 is 37.8 Å². The number of rotatable bonds is 5. The van der Waals surface area contributed by atoms with Gasteiger partial charge in [-0.3, -0.25) is 4.79 Å². The van der Waals surface area contributed by atoms with Crippen LogP contribution in [0.3, 0.4) is 0 Å². The molecule has 0 aliphatic carbocycles. The second-order valence-corrected chi connectivity index (χ2v) is 2.69. The van der Waals surface area contributed by atoms with Crippen molar-refractivity contribution in [3.63, 3.8) is 0 Å². The fraction of sp³-hybridized carbons (Fsp3) is 0.857. The molecule has 0 aromatic rings. The molecule has 0 aromatic heterocycles. The van der Waals surface area contributed by atoms with E-state index in [0.717, 1.165) is 0 Å². The van der Waals surface area contributed by atoms with Gasteiger partial charge in [-0.2, -0.15) is 26.3 Å². The van der Waals surface area contributed by atoms with E-state index in [2.05, 4.69) is 4.74 Å². The Kier molecular flexibility index (Phi) is 5.06. The zero-order valence-corrected chi connectivity index (χ0v) is 7.41. The smallest absolute Gasteiger partial charge is 0.372 e. The van der Waals surface area contributed by atoms with Crippen molar-refractivity contribution in [2.45, 2.75) is 25.2 Å². The van der Waals surface area contributed by atoms with Gasteiger partial charge in [0.1, 0.15) is 6.61 Å². The summed E-state index contributed by atoms with van der Waals surface area (Å²) in [6, 6.07) is 0.